The van der Waals surface area contributed by atoms with Gasteiger partial charge in [-0.3, -0.25) is 0 Å². The van der Waals surface area contributed by atoms with Crippen LogP contribution in [0.2, 0.25) is 0 Å². The van der Waals surface area contributed by atoms with Gasteiger partial charge in [0.25, 0.3) is 0 Å². The summed E-state index contributed by atoms with van der Waals surface area (Å²) >= 11 is 0. The van der Waals surface area contributed by atoms with E-state index < -0.39 is 40.6 Å². The second-order valence-corrected chi connectivity index (χ2v) is 3.10. The highest BCUT2D eigenvalue weighted by Crippen LogP contribution is 2.67. The van der Waals surface area contributed by atoms with Crippen LogP contribution in [-0.2, 0) is 0 Å². The van der Waals surface area contributed by atoms with Crippen molar-refractivity contribution in [3.63, 3.8) is 0 Å². The predicted octanol–water partition coefficient (Wildman–Crippen LogP) is 3.37. The molecule has 0 unspecified atom stereocenters. The zero-order chi connectivity index (χ0) is 11.8. The largest absolute Gasteiger partial charge is 0.345 e. The topological polar surface area (TPSA) is 0 Å². The molecule has 0 nitrogen and oxygen atoms in total. The summed E-state index contributed by atoms with van der Waals surface area (Å²) in [7, 11) is 0. The van der Waals surface area contributed by atoms with Gasteiger partial charge in [0, 0.05) is 0 Å². The van der Waals surface area contributed by atoms with E-state index in [-0.39, 0.29) is 0 Å². The van der Waals surface area contributed by atoms with Crippen LogP contribution in [0, 0.1) is 0 Å². The van der Waals surface area contributed by atoms with Crippen molar-refractivity contribution < 1.29 is 35.1 Å². The van der Waals surface area contributed by atoms with E-state index in [9.17, 15) is 35.1 Å². The van der Waals surface area contributed by atoms with Crippen molar-refractivity contribution >= 4 is 0 Å². The molecule has 2 aliphatic rings. The minimum absolute atomic E-state index is 2.59. The van der Waals surface area contributed by atoms with E-state index in [4.69, 9.17) is 0 Å². The predicted molar refractivity (Wildman–Crippen MR) is 31.1 cm³/mol. The molecule has 0 heterocycles. The molecule has 84 valence electrons. The van der Waals surface area contributed by atoms with E-state index in [2.05, 4.69) is 0 Å². The first kappa shape index (κ1) is 10.4. The minimum Gasteiger partial charge on any atom is -0.203 e. The molecule has 8 heteroatoms. The summed E-state index contributed by atoms with van der Waals surface area (Å²) in [4.78, 5) is 0. The van der Waals surface area contributed by atoms with Gasteiger partial charge in [-0.05, 0) is 0 Å². The van der Waals surface area contributed by atoms with Gasteiger partial charge in [0.05, 0.1) is 0 Å². The molecule has 0 aromatic carbocycles. The summed E-state index contributed by atoms with van der Waals surface area (Å²) in [5, 5.41) is 0. The fraction of sp³-hybridized carbons (Fsp3) is 0.429. The van der Waals surface area contributed by atoms with E-state index in [1.54, 1.807) is 0 Å². The summed E-state index contributed by atoms with van der Waals surface area (Å²) in [6.07, 6.45) is 0. The smallest absolute Gasteiger partial charge is 0.203 e. The fourth-order valence-electron chi connectivity index (χ4n) is 1.60. The van der Waals surface area contributed by atoms with Gasteiger partial charge in [-0.1, -0.05) is 0 Å². The molecule has 2 aliphatic carbocycles. The molecule has 0 spiro atoms. The molecule has 0 saturated heterocycles. The Morgan fingerprint density at radius 1 is 0.600 bits per heavy atom. The number of hydrogen-bond acceptors (Lipinski definition) is 0. The molecule has 0 aromatic heterocycles. The maximum Gasteiger partial charge on any atom is 0.345 e. The van der Waals surface area contributed by atoms with Gasteiger partial charge in [-0.25, -0.2) is 8.78 Å². The Hall–Kier alpha value is -1.08. The van der Waals surface area contributed by atoms with Crippen LogP contribution in [0.1, 0.15) is 0 Å². The molecule has 0 aromatic rings. The Morgan fingerprint density at radius 3 is 1.07 bits per heavy atom. The first-order valence-corrected chi connectivity index (χ1v) is 3.51. The van der Waals surface area contributed by atoms with Crippen LogP contribution >= 0.6 is 0 Å². The first-order valence-electron chi connectivity index (χ1n) is 3.51. The summed E-state index contributed by atoms with van der Waals surface area (Å²) in [6.45, 7) is 0. The molecule has 2 bridgehead atoms. The van der Waals surface area contributed by atoms with Gasteiger partial charge in [0.2, 0.25) is 0 Å². The maximum atomic E-state index is 12.7. The average Bonchev–Trinajstić information content (AvgIpc) is 2.22. The molecule has 0 aliphatic heterocycles. The normalized spacial score (nSPS) is 30.4. The Kier molecular flexibility index (Phi) is 1.53. The Balaban J connectivity index is 2.81. The summed E-state index contributed by atoms with van der Waals surface area (Å²) in [6, 6.07) is 0. The number of hydrogen-bond donors (Lipinski definition) is 0. The Bertz CT molecular complexity index is 375. The van der Waals surface area contributed by atoms with E-state index in [0.717, 1.165) is 0 Å². The van der Waals surface area contributed by atoms with Crippen LogP contribution in [0.5, 0.6) is 0 Å². The van der Waals surface area contributed by atoms with Gasteiger partial charge in [0.15, 0.2) is 11.7 Å². The van der Waals surface area contributed by atoms with Crippen LogP contribution in [0.25, 0.3) is 0 Å². The van der Waals surface area contributed by atoms with Crippen LogP contribution in [-0.4, -0.2) is 17.8 Å². The number of rotatable bonds is 0. The highest BCUT2D eigenvalue weighted by molar-refractivity contribution is 5.61. The summed E-state index contributed by atoms with van der Waals surface area (Å²) < 4.78 is 101. The lowest BCUT2D eigenvalue weighted by Crippen LogP contribution is -2.39. The van der Waals surface area contributed by atoms with Gasteiger partial charge in [-0.15, -0.1) is 0 Å². The zero-order valence-electron chi connectivity index (χ0n) is 6.52. The second-order valence-electron chi connectivity index (χ2n) is 3.10. The van der Waals surface area contributed by atoms with Gasteiger partial charge in [0.1, 0.15) is 11.1 Å². The van der Waals surface area contributed by atoms with Crippen molar-refractivity contribution in [3.8, 4) is 0 Å². The third-order valence-electron chi connectivity index (χ3n) is 2.28. The van der Waals surface area contributed by atoms with E-state index in [1.807, 2.05) is 0 Å². The lowest BCUT2D eigenvalue weighted by Gasteiger charge is -2.21. The van der Waals surface area contributed by atoms with E-state index >= 15 is 0 Å². The molecule has 15 heavy (non-hydrogen) atoms. The lowest BCUT2D eigenvalue weighted by atomic mass is 10.1. The van der Waals surface area contributed by atoms with Gasteiger partial charge in [-0.2, -0.15) is 26.3 Å². The molecule has 0 atom stereocenters. The number of alkyl halides is 6. The van der Waals surface area contributed by atoms with Crippen molar-refractivity contribution in [2.24, 2.45) is 0 Å². The van der Waals surface area contributed by atoms with Crippen LogP contribution < -0.4 is 0 Å². The van der Waals surface area contributed by atoms with E-state index in [0.29, 0.717) is 0 Å². The minimum atomic E-state index is -5.38. The van der Waals surface area contributed by atoms with Crippen molar-refractivity contribution in [2.75, 3.05) is 0 Å². The monoisotopic (exact) mass is 236 g/mol. The molecule has 0 N–H and O–H groups in total. The van der Waals surface area contributed by atoms with Crippen LogP contribution in [0.4, 0.5) is 35.1 Å². The quantitative estimate of drug-likeness (QED) is 0.565. The Morgan fingerprint density at radius 2 is 0.867 bits per heavy atom. The fourth-order valence-corrected chi connectivity index (χ4v) is 1.60. The highest BCUT2D eigenvalue weighted by atomic mass is 19.3. The van der Waals surface area contributed by atoms with Crippen molar-refractivity contribution in [1.82, 2.24) is 0 Å². The molecular formula is C7F8. The van der Waals surface area contributed by atoms with Gasteiger partial charge >= 0.3 is 17.8 Å². The third kappa shape index (κ3) is 0.799. The van der Waals surface area contributed by atoms with Crippen molar-refractivity contribution in [2.45, 2.75) is 17.8 Å². The summed E-state index contributed by atoms with van der Waals surface area (Å²) in [5.74, 6) is -20.9. The number of allylic oxidation sites excluding steroid dienone is 4. The molecular weight excluding hydrogens is 236 g/mol. The highest BCUT2D eigenvalue weighted by Gasteiger charge is 2.83. The maximum absolute atomic E-state index is 12.7. The van der Waals surface area contributed by atoms with Crippen LogP contribution in [0.3, 0.4) is 0 Å². The number of halogens is 8. The molecule has 0 amide bonds. The second kappa shape index (κ2) is 2.19. The average molecular weight is 236 g/mol. The zero-order valence-corrected chi connectivity index (χ0v) is 6.52. The summed E-state index contributed by atoms with van der Waals surface area (Å²) in [5.41, 5.74) is -5.57. The molecule has 1 saturated carbocycles. The first-order chi connectivity index (χ1) is 6.56. The van der Waals surface area contributed by atoms with Crippen molar-refractivity contribution in [3.05, 3.63) is 22.8 Å². The standard InChI is InChI=1S/C7F8/c8-1-2(9)4-5(10,11)3(1)6(12,13)7(4,14)15. The molecule has 1 fully saturated rings. The van der Waals surface area contributed by atoms with Gasteiger partial charge < -0.3 is 0 Å². The molecule has 2 rings (SSSR count). The third-order valence-corrected chi connectivity index (χ3v) is 2.28. The van der Waals surface area contributed by atoms with E-state index in [1.165, 1.54) is 0 Å². The SMILES string of the molecule is FC1=C2C(F)(F)C(=C1F)C(F)(F)C2(F)F. The lowest BCUT2D eigenvalue weighted by molar-refractivity contribution is -0.150. The Labute approximate surface area is 76.9 Å². The van der Waals surface area contributed by atoms with Crippen LogP contribution in [0.15, 0.2) is 22.8 Å². The molecule has 0 radical (unpaired) electrons. The van der Waals surface area contributed by atoms with Crippen molar-refractivity contribution in [1.29, 1.82) is 0 Å². The number of fused-ring (bicyclic) bond motifs is 2.